The first-order valence-corrected chi connectivity index (χ1v) is 35.8. The monoisotopic (exact) mass is 1350 g/mol. The fourth-order valence-corrected chi connectivity index (χ4v) is 22.1. The summed E-state index contributed by atoms with van der Waals surface area (Å²) in [5.41, 5.74) is 1.90. The third-order valence-corrected chi connectivity index (χ3v) is 27.3. The summed E-state index contributed by atoms with van der Waals surface area (Å²) in [5, 5.41) is 22.8. The molecule has 2 aromatic rings. The molecule has 16 atom stereocenters. The molecule has 0 bridgehead atoms. The van der Waals surface area contributed by atoms with Crippen molar-refractivity contribution in [2.24, 2.45) is 80.8 Å². The quantitative estimate of drug-likeness (QED) is 0.0854. The fraction of sp³-hybridized carbons (Fsp3) is 0.759. The summed E-state index contributed by atoms with van der Waals surface area (Å²) >= 11 is 0. The van der Waals surface area contributed by atoms with Crippen LogP contribution in [0.2, 0.25) is 0 Å². The van der Waals surface area contributed by atoms with Crippen LogP contribution in [0.25, 0.3) is 0 Å². The molecule has 0 aromatic heterocycles. The van der Waals surface area contributed by atoms with E-state index in [4.69, 9.17) is 129 Å². The van der Waals surface area contributed by atoms with Crippen LogP contribution < -0.4 is 17.0 Å². The van der Waals surface area contributed by atoms with Crippen LogP contribution >= 0.6 is 0 Å². The number of ketones is 1. The minimum atomic E-state index is -1.07. The Morgan fingerprint density at radius 2 is 0.847 bits per heavy atom. The zero-order chi connectivity index (χ0) is 71.9. The van der Waals surface area contributed by atoms with Crippen LogP contribution in [-0.4, -0.2) is 289 Å². The van der Waals surface area contributed by atoms with E-state index in [0.29, 0.717) is 51.2 Å². The molecule has 0 spiro atoms. The maximum atomic E-state index is 13.8. The summed E-state index contributed by atoms with van der Waals surface area (Å²) in [5.74, 6) is 5.82. The normalized spacial score (nSPS) is 32.7. The smallest absolute Gasteiger partial charge is 1.00 e. The molecule has 0 saturated heterocycles. The van der Waals surface area contributed by atoms with E-state index in [-0.39, 0.29) is 86.0 Å². The number of aryl methyl sites for hydroxylation is 2. The summed E-state index contributed by atoms with van der Waals surface area (Å²) in [6.45, 7) is 17.4. The Bertz CT molecular complexity index is 2800. The predicted octanol–water partition coefficient (Wildman–Crippen LogP) is -1.72. The predicted molar refractivity (Wildman–Crippen MR) is 435 cm³/mol. The summed E-state index contributed by atoms with van der Waals surface area (Å²) in [6, 6.07) is 12.2. The molecule has 464 valence electrons. The van der Waals surface area contributed by atoms with Crippen LogP contribution in [0.4, 0.5) is 8.78 Å². The molecule has 0 heterocycles. The van der Waals surface area contributed by atoms with E-state index in [1.807, 2.05) is 13.8 Å². The topological polar surface area (TPSA) is 87.1 Å². The molecule has 0 aliphatic heterocycles. The molecule has 8 saturated carbocycles. The Morgan fingerprint density at radius 1 is 0.490 bits per heavy atom. The van der Waals surface area contributed by atoms with Gasteiger partial charge < -0.3 is 27.2 Å². The number of nitrogens with zero attached hydrogens (tertiary/aromatic N) is 1. The third-order valence-electron chi connectivity index (χ3n) is 27.3. The van der Waals surface area contributed by atoms with Crippen LogP contribution in [0.5, 0.6) is 0 Å². The first-order chi connectivity index (χ1) is 44.5. The SMILES string of the molecule is CON(C)C(=O)[C@H]1CC[C@H]2[C@@H]3CC[C@H]4C[C@](C)(O)CC[C@]4(C)[C@H]3CC[C@]12C.Cc1c[c-]ccc1F.Cc1cc(C(=O)[C@H]2CC[C@H]3[C@@H]4CC[C@H]5C[C@](C)(O)CC[C@]5(C)[C@H]4CC[C@]23C)ccc1F.[B]B([B])B(B([B])[B])B(B(B([B])[B])B([B])[B])B(B(B([B])[B])B([B])[B])B(B([B])[B])B([B])[B].[Br-].[Mg+2]. The van der Waals surface area contributed by atoms with E-state index in [2.05, 4.69) is 33.8 Å². The van der Waals surface area contributed by atoms with E-state index in [0.717, 1.165) is 81.5 Å². The van der Waals surface area contributed by atoms with Gasteiger partial charge in [-0.25, -0.2) is 13.8 Å². The average Bonchev–Trinajstić information content (AvgIpc) is 1.68. The summed E-state index contributed by atoms with van der Waals surface area (Å²) in [6.07, 6.45) is 6.61. The van der Waals surface area contributed by atoms with Crippen molar-refractivity contribution in [3.8, 4) is 0 Å². The maximum Gasteiger partial charge on any atom is 2.00 e. The van der Waals surface area contributed by atoms with Gasteiger partial charge in [0.1, 0.15) is 5.82 Å². The molecule has 32 radical (unpaired) electrons. The van der Waals surface area contributed by atoms with Crippen molar-refractivity contribution >= 4 is 248 Å². The van der Waals surface area contributed by atoms with Crippen molar-refractivity contribution in [2.45, 2.75) is 182 Å². The molecule has 0 unspecified atom stereocenters. The van der Waals surface area contributed by atoms with E-state index in [1.165, 1.54) is 75.0 Å². The van der Waals surface area contributed by atoms with Gasteiger partial charge in [-0.1, -0.05) is 34.6 Å². The van der Waals surface area contributed by atoms with Crippen molar-refractivity contribution in [1.29, 1.82) is 0 Å². The Morgan fingerprint density at radius 3 is 1.18 bits per heavy atom. The summed E-state index contributed by atoms with van der Waals surface area (Å²) < 4.78 is 26.1. The van der Waals surface area contributed by atoms with Gasteiger partial charge in [0.15, 0.2) is 5.78 Å². The van der Waals surface area contributed by atoms with Crippen molar-refractivity contribution < 1.29 is 50.4 Å². The van der Waals surface area contributed by atoms with Gasteiger partial charge >= 0.3 is 23.1 Å². The first-order valence-electron chi connectivity index (χ1n) is 35.8. The molecule has 8 fully saturated rings. The minimum absolute atomic E-state index is 0. The molecule has 8 aliphatic carbocycles. The number of aliphatic hydroxyl groups is 2. The third kappa shape index (κ3) is 19.1. The second-order valence-corrected chi connectivity index (χ2v) is 33.2. The molecule has 8 aliphatic rings. The molecule has 98 heavy (non-hydrogen) atoms. The number of rotatable bonds is 17. The average molecular weight is 1340 g/mol. The first kappa shape index (κ1) is 89.1. The second-order valence-electron chi connectivity index (χ2n) is 33.2. The fourth-order valence-electron chi connectivity index (χ4n) is 22.1. The van der Waals surface area contributed by atoms with Gasteiger partial charge in [0, 0.05) is 243 Å². The zero-order valence-electron chi connectivity index (χ0n) is 60.7. The van der Waals surface area contributed by atoms with Gasteiger partial charge in [0.25, 0.3) is 0 Å². The van der Waals surface area contributed by atoms with Crippen LogP contribution in [-0.2, 0) is 9.63 Å². The number of amides is 1. The van der Waals surface area contributed by atoms with Crippen molar-refractivity contribution in [3.05, 3.63) is 70.8 Å². The number of hydrogen-bond acceptors (Lipinski definition) is 5. The Kier molecular flexibility index (Phi) is 32.9. The van der Waals surface area contributed by atoms with Crippen molar-refractivity contribution in [2.75, 3.05) is 14.2 Å². The molecular formula is C58H84B30BrF2MgNO5. The number of Topliss-reactive ketones (excluding diaryl/α,β-unsaturated/α-hetero) is 1. The van der Waals surface area contributed by atoms with E-state index in [9.17, 15) is 28.6 Å². The van der Waals surface area contributed by atoms with Gasteiger partial charge in [-0.3, -0.25) is 14.4 Å². The van der Waals surface area contributed by atoms with E-state index in [1.54, 1.807) is 52.3 Å². The number of carbonyl (C=O) groups excluding carboxylic acids is 2. The van der Waals surface area contributed by atoms with E-state index < -0.39 is 101 Å². The van der Waals surface area contributed by atoms with E-state index >= 15 is 0 Å². The second kappa shape index (κ2) is 36.2. The maximum absolute atomic E-state index is 13.8. The molecule has 2 N–H and O–H groups in total. The summed E-state index contributed by atoms with van der Waals surface area (Å²) in [4.78, 5) is 31.7. The van der Waals surface area contributed by atoms with Crippen molar-refractivity contribution in [1.82, 2.24) is 5.06 Å². The van der Waals surface area contributed by atoms with Gasteiger partial charge in [0.05, 0.1) is 18.3 Å². The Hall–Kier alpha value is 0.514. The molecule has 1 amide bonds. The van der Waals surface area contributed by atoms with Crippen molar-refractivity contribution in [3.63, 3.8) is 0 Å². The molecular weight excluding hydrogens is 1260 g/mol. The van der Waals surface area contributed by atoms with Crippen LogP contribution in [0, 0.1) is 112 Å². The molecule has 40 heteroatoms. The zero-order valence-corrected chi connectivity index (χ0v) is 63.7. The van der Waals surface area contributed by atoms with Crippen LogP contribution in [0.3, 0.4) is 0 Å². The number of hydroxylamine groups is 2. The van der Waals surface area contributed by atoms with Crippen LogP contribution in [0.1, 0.15) is 179 Å². The Labute approximate surface area is 646 Å². The molecule has 6 nitrogen and oxygen atoms in total. The number of fused-ring (bicyclic) bond motifs is 10. The summed E-state index contributed by atoms with van der Waals surface area (Å²) in [7, 11) is 99.7. The number of carbonyl (C=O) groups is 2. The largest absolute Gasteiger partial charge is 2.00 e. The Balaban J connectivity index is 0.000000248. The standard InChI is InChI=1S/C28H39FO2.C23H39NO3.C7H6F.B30.BrH.Mg/c1-17-15-18(5-10-24(17)29)25(30)23-9-8-21-20-7-6-19-16-26(2,31)13-14-27(19,3)22(20)11-12-28(21,23)4;1-21(26)12-13-22(2)15(14-21)6-7-16-17-8-9-19(20(25)24(4)27-5)23(17,3)11-10-18(16)22;1-6-4-2-3-5-7(6)8;1-17(2)25(18(3)4)29(26(19(5)6)20(7)8)30(27(21(9)10)22(11)12)28(23(13)14)24(15)16;;/h5,10,15,19-23,31H,6-9,11-14,16H2,1-4H3;15-19,26H,6-14H2,1-5H3;3-5H,1H3;;1H;/q;;-1;;;+2/p-1/t19-,20-,21-,22-,23+,26+,27-,28-;15-,16-,17-,18-,19+,21+,22-,23-;;;;/m00..../s1. The van der Waals surface area contributed by atoms with Gasteiger partial charge in [0.2, 0.25) is 5.91 Å². The van der Waals surface area contributed by atoms with Gasteiger partial charge in [-0.05, 0) is 229 Å². The number of halogens is 3. The number of hydrogen-bond donors (Lipinski definition) is 2. The van der Waals surface area contributed by atoms with Gasteiger partial charge in [-0.15, -0.1) is 11.6 Å². The van der Waals surface area contributed by atoms with Gasteiger partial charge in [-0.2, -0.15) is 18.2 Å². The molecule has 2 aromatic carbocycles. The minimum Gasteiger partial charge on any atom is -1.00 e. The molecule has 10 rings (SSSR count). The number of benzene rings is 2. The van der Waals surface area contributed by atoms with Crippen LogP contribution in [0.15, 0.2) is 36.4 Å².